The number of carbonyl (C=O) groups excluding carboxylic acids is 2. The first-order chi connectivity index (χ1) is 11.1. The van der Waals surface area contributed by atoms with Gasteiger partial charge in [0.25, 0.3) is 0 Å². The van der Waals surface area contributed by atoms with Gasteiger partial charge < -0.3 is 25.2 Å². The maximum absolute atomic E-state index is 12.8. The fourth-order valence-electron chi connectivity index (χ4n) is 3.37. The van der Waals surface area contributed by atoms with Crippen LogP contribution in [-0.4, -0.2) is 62.9 Å². The van der Waals surface area contributed by atoms with E-state index >= 15 is 0 Å². The van der Waals surface area contributed by atoms with Crippen molar-refractivity contribution >= 4 is 18.0 Å². The Labute approximate surface area is 141 Å². The molecule has 24 heavy (non-hydrogen) atoms. The predicted molar refractivity (Wildman–Crippen MR) is 84.3 cm³/mol. The molecule has 8 nitrogen and oxygen atoms in total. The highest BCUT2D eigenvalue weighted by Gasteiger charge is 2.45. The van der Waals surface area contributed by atoms with E-state index in [1.165, 1.54) is 4.90 Å². The zero-order valence-corrected chi connectivity index (χ0v) is 14.3. The van der Waals surface area contributed by atoms with Gasteiger partial charge in [0, 0.05) is 12.5 Å². The molecule has 0 unspecified atom stereocenters. The van der Waals surface area contributed by atoms with Crippen molar-refractivity contribution in [1.82, 2.24) is 10.2 Å². The molecule has 2 rings (SSSR count). The fourth-order valence-corrected chi connectivity index (χ4v) is 3.37. The Bertz CT molecular complexity index is 515. The molecule has 0 aromatic carbocycles. The number of carbonyl (C=O) groups is 3. The molecule has 2 heterocycles. The number of rotatable bonds is 2. The van der Waals surface area contributed by atoms with E-state index in [0.29, 0.717) is 25.7 Å². The normalized spacial score (nSPS) is 31.0. The number of aliphatic hydroxyl groups excluding tert-OH is 1. The first-order valence-corrected chi connectivity index (χ1v) is 8.31. The molecular formula is C16H26N2O6. The number of fused-ring (bicyclic) bond motifs is 1. The lowest BCUT2D eigenvalue weighted by molar-refractivity contribution is -0.151. The lowest BCUT2D eigenvalue weighted by atomic mass is 9.97. The molecule has 3 N–H and O–H groups in total. The van der Waals surface area contributed by atoms with E-state index in [2.05, 4.69) is 5.32 Å². The number of aliphatic hydroxyl groups is 1. The zero-order valence-electron chi connectivity index (χ0n) is 14.3. The number of carboxylic acids is 1. The van der Waals surface area contributed by atoms with Crippen LogP contribution in [0.25, 0.3) is 0 Å². The second-order valence-corrected chi connectivity index (χ2v) is 7.50. The molecule has 0 aromatic rings. The van der Waals surface area contributed by atoms with E-state index in [1.807, 2.05) is 0 Å². The van der Waals surface area contributed by atoms with Crippen LogP contribution in [0.3, 0.4) is 0 Å². The molecule has 0 radical (unpaired) electrons. The van der Waals surface area contributed by atoms with E-state index in [0.717, 1.165) is 0 Å². The molecule has 2 aliphatic rings. The van der Waals surface area contributed by atoms with Gasteiger partial charge in [-0.2, -0.15) is 0 Å². The van der Waals surface area contributed by atoms with Gasteiger partial charge in [-0.05, 0) is 46.5 Å². The SMILES string of the molecule is CC(C)(C)OC(=O)N[C@H]1C[C@@H](O)CC[C@H]2CC[C@@H](C(=O)O)N2C1=O. The van der Waals surface area contributed by atoms with Crippen LogP contribution >= 0.6 is 0 Å². The molecule has 0 bridgehead atoms. The fraction of sp³-hybridized carbons (Fsp3) is 0.812. The van der Waals surface area contributed by atoms with Gasteiger partial charge in [0.2, 0.25) is 5.91 Å². The summed E-state index contributed by atoms with van der Waals surface area (Å²) in [5, 5.41) is 21.9. The summed E-state index contributed by atoms with van der Waals surface area (Å²) in [7, 11) is 0. The summed E-state index contributed by atoms with van der Waals surface area (Å²) >= 11 is 0. The Morgan fingerprint density at radius 1 is 1.21 bits per heavy atom. The van der Waals surface area contributed by atoms with Crippen LogP contribution in [-0.2, 0) is 14.3 Å². The van der Waals surface area contributed by atoms with Gasteiger partial charge in [0.15, 0.2) is 0 Å². The van der Waals surface area contributed by atoms with Crippen molar-refractivity contribution in [1.29, 1.82) is 0 Å². The summed E-state index contributed by atoms with van der Waals surface area (Å²) in [6.07, 6.45) is 0.586. The van der Waals surface area contributed by atoms with Crippen molar-refractivity contribution in [3.63, 3.8) is 0 Å². The molecule has 0 spiro atoms. The molecule has 2 saturated heterocycles. The van der Waals surface area contributed by atoms with Gasteiger partial charge in [-0.1, -0.05) is 0 Å². The number of nitrogens with zero attached hydrogens (tertiary/aromatic N) is 1. The van der Waals surface area contributed by atoms with Gasteiger partial charge in [0.1, 0.15) is 17.7 Å². The predicted octanol–water partition coefficient (Wildman–Crippen LogP) is 0.869. The summed E-state index contributed by atoms with van der Waals surface area (Å²) < 4.78 is 5.16. The number of nitrogens with one attached hydrogen (secondary N) is 1. The Kier molecular flexibility index (Phi) is 5.37. The highest BCUT2D eigenvalue weighted by molar-refractivity contribution is 5.90. The molecule has 0 aromatic heterocycles. The summed E-state index contributed by atoms with van der Waals surface area (Å²) in [6.45, 7) is 5.12. The van der Waals surface area contributed by atoms with Crippen molar-refractivity contribution in [3.05, 3.63) is 0 Å². The Hall–Kier alpha value is -1.83. The Balaban J connectivity index is 2.17. The highest BCUT2D eigenvalue weighted by Crippen LogP contribution is 2.31. The van der Waals surface area contributed by atoms with Crippen molar-refractivity contribution < 1.29 is 29.3 Å². The second kappa shape index (κ2) is 6.96. The number of hydrogen-bond donors (Lipinski definition) is 3. The lowest BCUT2D eigenvalue weighted by Gasteiger charge is -2.35. The lowest BCUT2D eigenvalue weighted by Crippen LogP contribution is -2.56. The van der Waals surface area contributed by atoms with Crippen LogP contribution in [0.15, 0.2) is 0 Å². The standard InChI is InChI=1S/C16H26N2O6/c1-16(2,3)24-15(23)17-11-8-10(19)6-4-9-5-7-12(14(21)22)18(9)13(11)20/h9-12,19H,4-8H2,1-3H3,(H,17,23)(H,21,22)/t9-,10-,11-,12-/m0/s1. The van der Waals surface area contributed by atoms with E-state index in [4.69, 9.17) is 4.74 Å². The maximum atomic E-state index is 12.8. The summed E-state index contributed by atoms with van der Waals surface area (Å²) in [6, 6.07) is -2.07. The largest absolute Gasteiger partial charge is 0.480 e. The Morgan fingerprint density at radius 3 is 2.42 bits per heavy atom. The molecule has 2 aliphatic heterocycles. The third-order valence-electron chi connectivity index (χ3n) is 4.37. The molecule has 0 aliphatic carbocycles. The van der Waals surface area contributed by atoms with Crippen LogP contribution in [0, 0.1) is 0 Å². The molecule has 2 fully saturated rings. The van der Waals surface area contributed by atoms with E-state index in [1.54, 1.807) is 20.8 Å². The van der Waals surface area contributed by atoms with Gasteiger partial charge in [-0.25, -0.2) is 9.59 Å². The monoisotopic (exact) mass is 342 g/mol. The number of alkyl carbamates (subject to hydrolysis) is 1. The quantitative estimate of drug-likeness (QED) is 0.686. The Morgan fingerprint density at radius 2 is 1.83 bits per heavy atom. The number of amides is 2. The minimum absolute atomic E-state index is 0.0492. The van der Waals surface area contributed by atoms with Crippen molar-refractivity contribution in [2.45, 2.75) is 82.7 Å². The van der Waals surface area contributed by atoms with E-state index in [9.17, 15) is 24.6 Å². The number of aliphatic carboxylic acids is 1. The molecule has 8 heteroatoms. The van der Waals surface area contributed by atoms with Gasteiger partial charge in [-0.3, -0.25) is 4.79 Å². The average Bonchev–Trinajstić information content (AvgIpc) is 2.84. The average molecular weight is 342 g/mol. The first-order valence-electron chi connectivity index (χ1n) is 8.31. The van der Waals surface area contributed by atoms with Crippen molar-refractivity contribution in [2.75, 3.05) is 0 Å². The maximum Gasteiger partial charge on any atom is 0.408 e. The van der Waals surface area contributed by atoms with Crippen molar-refractivity contribution in [3.8, 4) is 0 Å². The third kappa shape index (κ3) is 4.37. The minimum atomic E-state index is -1.04. The number of ether oxygens (including phenoxy) is 1. The van der Waals surface area contributed by atoms with Gasteiger partial charge in [0.05, 0.1) is 6.10 Å². The van der Waals surface area contributed by atoms with Crippen LogP contribution in [0.1, 0.15) is 52.9 Å². The topological polar surface area (TPSA) is 116 Å². The van der Waals surface area contributed by atoms with Crippen LogP contribution in [0.2, 0.25) is 0 Å². The molecule has 4 atom stereocenters. The highest BCUT2D eigenvalue weighted by atomic mass is 16.6. The smallest absolute Gasteiger partial charge is 0.408 e. The minimum Gasteiger partial charge on any atom is -0.480 e. The molecule has 0 saturated carbocycles. The summed E-state index contributed by atoms with van der Waals surface area (Å²) in [4.78, 5) is 37.6. The van der Waals surface area contributed by atoms with E-state index < -0.39 is 41.8 Å². The molecular weight excluding hydrogens is 316 g/mol. The van der Waals surface area contributed by atoms with Gasteiger partial charge in [-0.15, -0.1) is 0 Å². The van der Waals surface area contributed by atoms with Crippen molar-refractivity contribution in [2.24, 2.45) is 0 Å². The van der Waals surface area contributed by atoms with Gasteiger partial charge >= 0.3 is 12.1 Å². The van der Waals surface area contributed by atoms with Crippen LogP contribution in [0.4, 0.5) is 4.79 Å². The van der Waals surface area contributed by atoms with E-state index in [-0.39, 0.29) is 12.5 Å². The summed E-state index contributed by atoms with van der Waals surface area (Å²) in [5.41, 5.74) is -0.715. The number of hydrogen-bond acceptors (Lipinski definition) is 5. The van der Waals surface area contributed by atoms with Crippen LogP contribution < -0.4 is 5.32 Å². The number of carboxylic acid groups (broad SMARTS) is 1. The molecule has 2 amide bonds. The van der Waals surface area contributed by atoms with Crippen LogP contribution in [0.5, 0.6) is 0 Å². The third-order valence-corrected chi connectivity index (χ3v) is 4.37. The zero-order chi connectivity index (χ0) is 18.1. The second-order valence-electron chi connectivity index (χ2n) is 7.50. The molecule has 136 valence electrons. The summed E-state index contributed by atoms with van der Waals surface area (Å²) in [5.74, 6) is -1.50. The first kappa shape index (κ1) is 18.5.